The fourth-order valence-electron chi connectivity index (χ4n) is 2.03. The first-order valence-corrected chi connectivity index (χ1v) is 6.82. The molecule has 16 heavy (non-hydrogen) atoms. The van der Waals surface area contributed by atoms with Crippen molar-refractivity contribution in [2.75, 3.05) is 20.1 Å². The van der Waals surface area contributed by atoms with Crippen molar-refractivity contribution in [1.82, 2.24) is 15.2 Å². The van der Waals surface area contributed by atoms with Crippen molar-refractivity contribution in [2.24, 2.45) is 0 Å². The lowest BCUT2D eigenvalue weighted by Gasteiger charge is -2.39. The van der Waals surface area contributed by atoms with Crippen molar-refractivity contribution in [1.29, 1.82) is 0 Å². The summed E-state index contributed by atoms with van der Waals surface area (Å²) >= 11 is 7.41. The zero-order valence-corrected chi connectivity index (χ0v) is 11.4. The third kappa shape index (κ3) is 2.94. The SMILES string of the molecule is CNC1(C)CCN(Cc2cnc(Cl)s2)CC1. The van der Waals surface area contributed by atoms with E-state index < -0.39 is 0 Å². The van der Waals surface area contributed by atoms with Crippen LogP contribution in [0.3, 0.4) is 0 Å². The largest absolute Gasteiger partial charge is 0.314 e. The molecule has 2 heterocycles. The summed E-state index contributed by atoms with van der Waals surface area (Å²) in [4.78, 5) is 7.81. The molecule has 90 valence electrons. The highest BCUT2D eigenvalue weighted by atomic mass is 35.5. The Hall–Kier alpha value is -0.160. The molecule has 3 nitrogen and oxygen atoms in total. The van der Waals surface area contributed by atoms with Gasteiger partial charge in [0.1, 0.15) is 0 Å². The molecule has 1 aromatic rings. The van der Waals surface area contributed by atoms with E-state index in [1.165, 1.54) is 17.7 Å². The van der Waals surface area contributed by atoms with Gasteiger partial charge in [-0.25, -0.2) is 4.98 Å². The molecule has 0 radical (unpaired) electrons. The van der Waals surface area contributed by atoms with Crippen molar-refractivity contribution in [3.8, 4) is 0 Å². The van der Waals surface area contributed by atoms with E-state index in [0.717, 1.165) is 19.6 Å². The number of halogens is 1. The lowest BCUT2D eigenvalue weighted by molar-refractivity contribution is 0.147. The van der Waals surface area contributed by atoms with Gasteiger partial charge in [-0.1, -0.05) is 11.6 Å². The van der Waals surface area contributed by atoms with Gasteiger partial charge in [-0.2, -0.15) is 0 Å². The number of nitrogens with zero attached hydrogens (tertiary/aromatic N) is 2. The maximum Gasteiger partial charge on any atom is 0.183 e. The number of rotatable bonds is 3. The molecule has 1 N–H and O–H groups in total. The number of hydrogen-bond acceptors (Lipinski definition) is 4. The normalized spacial score (nSPS) is 21.2. The van der Waals surface area contributed by atoms with Gasteiger partial charge in [-0.05, 0) is 26.8 Å². The highest BCUT2D eigenvalue weighted by Crippen LogP contribution is 2.24. The average Bonchev–Trinajstić information content (AvgIpc) is 2.68. The number of likely N-dealkylation sites (tertiary alicyclic amines) is 1. The summed E-state index contributed by atoms with van der Waals surface area (Å²) in [6.07, 6.45) is 4.30. The van der Waals surface area contributed by atoms with Gasteiger partial charge >= 0.3 is 0 Å². The van der Waals surface area contributed by atoms with Crippen LogP contribution < -0.4 is 5.32 Å². The molecule has 0 aliphatic carbocycles. The van der Waals surface area contributed by atoms with Crippen LogP contribution in [0.2, 0.25) is 4.47 Å². The predicted octanol–water partition coefficient (Wildman–Crippen LogP) is 2.37. The van der Waals surface area contributed by atoms with E-state index >= 15 is 0 Å². The first kappa shape index (κ1) is 12.3. The van der Waals surface area contributed by atoms with E-state index in [1.54, 1.807) is 11.3 Å². The van der Waals surface area contributed by atoms with Crippen molar-refractivity contribution in [3.05, 3.63) is 15.5 Å². The van der Waals surface area contributed by atoms with E-state index in [9.17, 15) is 0 Å². The smallest absolute Gasteiger partial charge is 0.183 e. The fraction of sp³-hybridized carbons (Fsp3) is 0.727. The molecule has 1 saturated heterocycles. The molecule has 0 bridgehead atoms. The van der Waals surface area contributed by atoms with Crippen LogP contribution in [0.15, 0.2) is 6.20 Å². The van der Waals surface area contributed by atoms with Crippen LogP contribution in [0.4, 0.5) is 0 Å². The van der Waals surface area contributed by atoms with Crippen LogP contribution in [-0.2, 0) is 6.54 Å². The second-order valence-electron chi connectivity index (χ2n) is 4.67. The number of thiazole rings is 1. The monoisotopic (exact) mass is 259 g/mol. The van der Waals surface area contributed by atoms with Gasteiger partial charge < -0.3 is 5.32 Å². The van der Waals surface area contributed by atoms with Crippen LogP contribution in [0.1, 0.15) is 24.6 Å². The van der Waals surface area contributed by atoms with Gasteiger partial charge in [0.2, 0.25) is 0 Å². The van der Waals surface area contributed by atoms with E-state index in [4.69, 9.17) is 11.6 Å². The van der Waals surface area contributed by atoms with Crippen molar-refractivity contribution in [3.63, 3.8) is 0 Å². The van der Waals surface area contributed by atoms with Gasteiger partial charge in [0, 0.05) is 36.2 Å². The Balaban J connectivity index is 1.86. The Kier molecular flexibility index (Phi) is 3.85. The first-order valence-electron chi connectivity index (χ1n) is 5.63. The topological polar surface area (TPSA) is 28.2 Å². The summed E-state index contributed by atoms with van der Waals surface area (Å²) in [5, 5.41) is 3.41. The minimum Gasteiger partial charge on any atom is -0.314 e. The minimum absolute atomic E-state index is 0.321. The molecule has 1 aromatic heterocycles. The molecule has 0 saturated carbocycles. The summed E-state index contributed by atoms with van der Waals surface area (Å²) in [6, 6.07) is 0. The maximum atomic E-state index is 5.82. The van der Waals surface area contributed by atoms with Crippen molar-refractivity contribution in [2.45, 2.75) is 31.8 Å². The molecule has 0 aromatic carbocycles. The maximum absolute atomic E-state index is 5.82. The van der Waals surface area contributed by atoms with Crippen LogP contribution in [-0.4, -0.2) is 35.6 Å². The Morgan fingerprint density at radius 2 is 2.25 bits per heavy atom. The summed E-state index contributed by atoms with van der Waals surface area (Å²) in [5.74, 6) is 0. The average molecular weight is 260 g/mol. The van der Waals surface area contributed by atoms with Gasteiger partial charge in [0.15, 0.2) is 4.47 Å². The third-order valence-electron chi connectivity index (χ3n) is 3.47. The molecule has 0 atom stereocenters. The van der Waals surface area contributed by atoms with Crippen molar-refractivity contribution < 1.29 is 0 Å². The predicted molar refractivity (Wildman–Crippen MR) is 69.1 cm³/mol. The minimum atomic E-state index is 0.321. The van der Waals surface area contributed by atoms with E-state index in [-0.39, 0.29) is 0 Å². The molecule has 5 heteroatoms. The number of nitrogens with one attached hydrogen (secondary N) is 1. The van der Waals surface area contributed by atoms with Crippen LogP contribution >= 0.6 is 22.9 Å². The Bertz CT molecular complexity index is 345. The highest BCUT2D eigenvalue weighted by Gasteiger charge is 2.28. The summed E-state index contributed by atoms with van der Waals surface area (Å²) < 4.78 is 0.645. The number of hydrogen-bond donors (Lipinski definition) is 1. The lowest BCUT2D eigenvalue weighted by Crippen LogP contribution is -2.49. The second kappa shape index (κ2) is 5.00. The first-order chi connectivity index (χ1) is 7.61. The molecular weight excluding hydrogens is 242 g/mol. The molecule has 2 rings (SSSR count). The summed E-state index contributed by atoms with van der Waals surface area (Å²) in [7, 11) is 2.05. The molecule has 0 unspecified atom stereocenters. The number of aromatic nitrogens is 1. The van der Waals surface area contributed by atoms with Gasteiger partial charge in [-0.15, -0.1) is 11.3 Å². The van der Waals surface area contributed by atoms with Crippen LogP contribution in [0, 0.1) is 0 Å². The quantitative estimate of drug-likeness (QED) is 0.903. The Morgan fingerprint density at radius 3 is 2.75 bits per heavy atom. The Labute approximate surface area is 106 Å². The summed E-state index contributed by atoms with van der Waals surface area (Å²) in [6.45, 7) is 5.58. The number of piperidine rings is 1. The highest BCUT2D eigenvalue weighted by molar-refractivity contribution is 7.15. The molecule has 0 amide bonds. The van der Waals surface area contributed by atoms with Gasteiger partial charge in [0.05, 0.1) is 0 Å². The standard InChI is InChI=1S/C11H18ClN3S/c1-11(13-2)3-5-15(6-4-11)8-9-7-14-10(12)16-9/h7,13H,3-6,8H2,1-2H3. The molecule has 1 aliphatic heterocycles. The van der Waals surface area contributed by atoms with Crippen molar-refractivity contribution >= 4 is 22.9 Å². The van der Waals surface area contributed by atoms with E-state index in [1.807, 2.05) is 6.20 Å². The lowest BCUT2D eigenvalue weighted by atomic mass is 9.90. The van der Waals surface area contributed by atoms with E-state index in [0.29, 0.717) is 10.0 Å². The molecular formula is C11H18ClN3S. The van der Waals surface area contributed by atoms with Gasteiger partial charge in [0.25, 0.3) is 0 Å². The molecule has 0 spiro atoms. The molecule has 1 aliphatic rings. The van der Waals surface area contributed by atoms with Crippen LogP contribution in [0.5, 0.6) is 0 Å². The zero-order valence-electron chi connectivity index (χ0n) is 9.79. The zero-order chi connectivity index (χ0) is 11.6. The summed E-state index contributed by atoms with van der Waals surface area (Å²) in [5.41, 5.74) is 0.321. The third-order valence-corrected chi connectivity index (χ3v) is 4.57. The van der Waals surface area contributed by atoms with Gasteiger partial charge in [-0.3, -0.25) is 4.90 Å². The fourth-order valence-corrected chi connectivity index (χ4v) is 3.05. The molecule has 1 fully saturated rings. The van der Waals surface area contributed by atoms with Crippen LogP contribution in [0.25, 0.3) is 0 Å². The second-order valence-corrected chi connectivity index (χ2v) is 6.36. The Morgan fingerprint density at radius 1 is 1.56 bits per heavy atom. The van der Waals surface area contributed by atoms with E-state index in [2.05, 4.69) is 29.2 Å².